The molecule has 5 heteroatoms. The maximum absolute atomic E-state index is 11.7. The quantitative estimate of drug-likeness (QED) is 0.763. The first-order valence-electron chi connectivity index (χ1n) is 6.76. The van der Waals surface area contributed by atoms with Gasteiger partial charge in [-0.05, 0) is 25.3 Å². The second-order valence-corrected chi connectivity index (χ2v) is 5.51. The van der Waals surface area contributed by atoms with Gasteiger partial charge >= 0.3 is 5.97 Å². The molecule has 1 aliphatic rings. The number of amides is 1. The van der Waals surface area contributed by atoms with Crippen molar-refractivity contribution in [1.82, 2.24) is 5.32 Å². The minimum atomic E-state index is -0.916. The third-order valence-corrected chi connectivity index (χ3v) is 3.37. The number of nitrogens with two attached hydrogens (primary N) is 1. The van der Waals surface area contributed by atoms with Crippen molar-refractivity contribution in [2.75, 3.05) is 0 Å². The Labute approximate surface area is 118 Å². The van der Waals surface area contributed by atoms with Gasteiger partial charge in [0.1, 0.15) is 12.6 Å². The highest BCUT2D eigenvalue weighted by Gasteiger charge is 2.39. The molecular formula is C15H20N2O3. The van der Waals surface area contributed by atoms with E-state index in [0.717, 1.165) is 18.4 Å². The first-order valence-corrected chi connectivity index (χ1v) is 6.76. The molecular weight excluding hydrogens is 256 g/mol. The van der Waals surface area contributed by atoms with Crippen LogP contribution >= 0.6 is 0 Å². The second kappa shape index (κ2) is 6.05. The number of nitrogens with one attached hydrogen (secondary N) is 1. The lowest BCUT2D eigenvalue weighted by Gasteiger charge is -2.14. The van der Waals surface area contributed by atoms with E-state index in [2.05, 4.69) is 5.32 Å². The highest BCUT2D eigenvalue weighted by molar-refractivity contribution is 5.85. The highest BCUT2D eigenvalue weighted by atomic mass is 16.5. The molecule has 1 fully saturated rings. The molecule has 5 nitrogen and oxygen atoms in total. The van der Waals surface area contributed by atoms with E-state index < -0.39 is 12.0 Å². The number of rotatable bonds is 6. The van der Waals surface area contributed by atoms with E-state index in [1.165, 1.54) is 0 Å². The van der Waals surface area contributed by atoms with Crippen molar-refractivity contribution in [2.24, 2.45) is 5.73 Å². The summed E-state index contributed by atoms with van der Waals surface area (Å²) in [6, 6.07) is 8.43. The summed E-state index contributed by atoms with van der Waals surface area (Å²) in [6.07, 6.45) is 1.92. The molecule has 2 rings (SSSR count). The molecule has 1 aromatic rings. The standard InChI is InChI=1S/C15H20N2O3/c1-15(7-8-15)17-13(18)9-12(16)14(19)20-10-11-5-3-2-4-6-11/h2-6,12H,7-10,16H2,1H3,(H,17,18)/t12-/m0/s1. The molecule has 1 saturated carbocycles. The summed E-state index contributed by atoms with van der Waals surface area (Å²) in [6.45, 7) is 2.15. The molecule has 1 amide bonds. The van der Waals surface area contributed by atoms with Crippen LogP contribution in [0.2, 0.25) is 0 Å². The number of carbonyl (C=O) groups excluding carboxylic acids is 2. The number of esters is 1. The summed E-state index contributed by atoms with van der Waals surface area (Å²) >= 11 is 0. The topological polar surface area (TPSA) is 81.4 Å². The summed E-state index contributed by atoms with van der Waals surface area (Å²) in [5, 5.41) is 2.86. The van der Waals surface area contributed by atoms with E-state index in [9.17, 15) is 9.59 Å². The smallest absolute Gasteiger partial charge is 0.323 e. The maximum atomic E-state index is 11.7. The molecule has 0 radical (unpaired) electrons. The van der Waals surface area contributed by atoms with Crippen LogP contribution in [0.5, 0.6) is 0 Å². The SMILES string of the molecule is CC1(NC(=O)C[C@H](N)C(=O)OCc2ccccc2)CC1. The molecule has 0 spiro atoms. The molecule has 1 aromatic carbocycles. The van der Waals surface area contributed by atoms with E-state index in [-0.39, 0.29) is 24.5 Å². The van der Waals surface area contributed by atoms with E-state index >= 15 is 0 Å². The number of carbonyl (C=O) groups is 2. The third kappa shape index (κ3) is 4.35. The Kier molecular flexibility index (Phi) is 4.39. The van der Waals surface area contributed by atoms with Gasteiger partial charge in [-0.1, -0.05) is 30.3 Å². The molecule has 3 N–H and O–H groups in total. The normalized spacial score (nSPS) is 17.1. The van der Waals surface area contributed by atoms with Gasteiger partial charge in [-0.15, -0.1) is 0 Å². The molecule has 0 bridgehead atoms. The zero-order valence-electron chi connectivity index (χ0n) is 11.6. The zero-order chi connectivity index (χ0) is 14.6. The molecule has 0 aliphatic heterocycles. The van der Waals surface area contributed by atoms with Crippen LogP contribution in [0.25, 0.3) is 0 Å². The fraction of sp³-hybridized carbons (Fsp3) is 0.467. The molecule has 0 unspecified atom stereocenters. The Morgan fingerprint density at radius 3 is 2.60 bits per heavy atom. The van der Waals surface area contributed by atoms with E-state index in [1.54, 1.807) is 0 Å². The average molecular weight is 276 g/mol. The summed E-state index contributed by atoms with van der Waals surface area (Å²) in [5.74, 6) is -0.751. The van der Waals surface area contributed by atoms with Gasteiger partial charge in [0.05, 0.1) is 6.42 Å². The molecule has 0 saturated heterocycles. The van der Waals surface area contributed by atoms with Gasteiger partial charge in [-0.2, -0.15) is 0 Å². The van der Waals surface area contributed by atoms with Crippen LogP contribution in [-0.2, 0) is 20.9 Å². The highest BCUT2D eigenvalue weighted by Crippen LogP contribution is 2.34. The molecule has 0 heterocycles. The van der Waals surface area contributed by atoms with Crippen molar-refractivity contribution in [3.63, 3.8) is 0 Å². The van der Waals surface area contributed by atoms with Gasteiger partial charge in [0.2, 0.25) is 5.91 Å². The summed E-state index contributed by atoms with van der Waals surface area (Å²) in [5.41, 5.74) is 6.49. The maximum Gasteiger partial charge on any atom is 0.323 e. The first-order chi connectivity index (χ1) is 9.48. The van der Waals surface area contributed by atoms with Crippen LogP contribution in [0.4, 0.5) is 0 Å². The third-order valence-electron chi connectivity index (χ3n) is 3.37. The van der Waals surface area contributed by atoms with Crippen LogP contribution in [0.1, 0.15) is 31.7 Å². The van der Waals surface area contributed by atoms with Gasteiger partial charge in [0.15, 0.2) is 0 Å². The van der Waals surface area contributed by atoms with Gasteiger partial charge < -0.3 is 15.8 Å². The number of ether oxygens (including phenoxy) is 1. The second-order valence-electron chi connectivity index (χ2n) is 5.51. The summed E-state index contributed by atoms with van der Waals surface area (Å²) in [7, 11) is 0. The van der Waals surface area contributed by atoms with Crippen molar-refractivity contribution in [1.29, 1.82) is 0 Å². The first kappa shape index (κ1) is 14.5. The summed E-state index contributed by atoms with van der Waals surface area (Å²) in [4.78, 5) is 23.4. The predicted octanol–water partition coefficient (Wildman–Crippen LogP) is 1.12. The van der Waals surface area contributed by atoms with Crippen LogP contribution in [0, 0.1) is 0 Å². The largest absolute Gasteiger partial charge is 0.460 e. The summed E-state index contributed by atoms with van der Waals surface area (Å²) < 4.78 is 5.09. The van der Waals surface area contributed by atoms with Gasteiger partial charge in [0, 0.05) is 5.54 Å². The fourth-order valence-corrected chi connectivity index (χ4v) is 1.82. The van der Waals surface area contributed by atoms with Gasteiger partial charge in [0.25, 0.3) is 0 Å². The molecule has 0 aromatic heterocycles. The van der Waals surface area contributed by atoms with Crippen molar-refractivity contribution < 1.29 is 14.3 Å². The zero-order valence-corrected chi connectivity index (χ0v) is 11.6. The Hall–Kier alpha value is -1.88. The van der Waals surface area contributed by atoms with E-state index in [4.69, 9.17) is 10.5 Å². The molecule has 108 valence electrons. The Morgan fingerprint density at radius 2 is 2.00 bits per heavy atom. The van der Waals surface area contributed by atoms with Gasteiger partial charge in [-0.25, -0.2) is 0 Å². The Balaban J connectivity index is 1.73. The molecule has 1 atom stereocenters. The minimum absolute atomic E-state index is 0.0385. The van der Waals surface area contributed by atoms with Gasteiger partial charge in [-0.3, -0.25) is 9.59 Å². The lowest BCUT2D eigenvalue weighted by atomic mass is 10.2. The van der Waals surface area contributed by atoms with Crippen LogP contribution in [-0.4, -0.2) is 23.5 Å². The van der Waals surface area contributed by atoms with Crippen molar-refractivity contribution in [2.45, 2.75) is 44.4 Å². The minimum Gasteiger partial charge on any atom is -0.460 e. The van der Waals surface area contributed by atoms with E-state index in [0.29, 0.717) is 0 Å². The fourth-order valence-electron chi connectivity index (χ4n) is 1.82. The predicted molar refractivity (Wildman–Crippen MR) is 74.6 cm³/mol. The lowest BCUT2D eigenvalue weighted by Crippen LogP contribution is -2.41. The monoisotopic (exact) mass is 276 g/mol. The lowest BCUT2D eigenvalue weighted by molar-refractivity contribution is -0.148. The molecule has 20 heavy (non-hydrogen) atoms. The number of hydrogen-bond donors (Lipinski definition) is 2. The van der Waals surface area contributed by atoms with Crippen molar-refractivity contribution in [3.8, 4) is 0 Å². The molecule has 1 aliphatic carbocycles. The van der Waals surface area contributed by atoms with Crippen LogP contribution in [0.15, 0.2) is 30.3 Å². The van der Waals surface area contributed by atoms with Crippen LogP contribution in [0.3, 0.4) is 0 Å². The Morgan fingerprint density at radius 1 is 1.35 bits per heavy atom. The van der Waals surface area contributed by atoms with Crippen LogP contribution < -0.4 is 11.1 Å². The van der Waals surface area contributed by atoms with Crippen molar-refractivity contribution >= 4 is 11.9 Å². The van der Waals surface area contributed by atoms with E-state index in [1.807, 2.05) is 37.3 Å². The number of benzene rings is 1. The average Bonchev–Trinajstić information content (AvgIpc) is 3.14. The number of hydrogen-bond acceptors (Lipinski definition) is 4. The van der Waals surface area contributed by atoms with Crippen molar-refractivity contribution in [3.05, 3.63) is 35.9 Å². The Bertz CT molecular complexity index is 483.